The zero-order valence-electron chi connectivity index (χ0n) is 11.3. The van der Waals surface area contributed by atoms with Gasteiger partial charge in [0.1, 0.15) is 23.3 Å². The van der Waals surface area contributed by atoms with Gasteiger partial charge in [0, 0.05) is 17.7 Å². The van der Waals surface area contributed by atoms with Crippen molar-refractivity contribution in [2.24, 2.45) is 4.99 Å². The molecule has 0 bridgehead atoms. The van der Waals surface area contributed by atoms with E-state index < -0.39 is 29.2 Å². The van der Waals surface area contributed by atoms with Crippen LogP contribution in [0, 0.1) is 23.3 Å². The molecule has 1 heterocycles. The van der Waals surface area contributed by atoms with Crippen molar-refractivity contribution < 1.29 is 27.1 Å². The van der Waals surface area contributed by atoms with Gasteiger partial charge in [0.05, 0.1) is 5.56 Å². The lowest BCUT2D eigenvalue weighted by atomic mass is 10.2. The second-order valence-corrected chi connectivity index (χ2v) is 4.63. The third-order valence-electron chi connectivity index (χ3n) is 3.04. The van der Waals surface area contributed by atoms with Crippen LogP contribution in [-0.2, 0) is 9.53 Å². The summed E-state index contributed by atoms with van der Waals surface area (Å²) in [6.07, 6.45) is 1.05. The van der Waals surface area contributed by atoms with E-state index in [4.69, 9.17) is 4.74 Å². The van der Waals surface area contributed by atoms with Gasteiger partial charge in [0.25, 0.3) is 0 Å². The molecule has 0 N–H and O–H groups in total. The molecule has 3 nitrogen and oxygen atoms in total. The molecule has 116 valence electrons. The number of esters is 1. The van der Waals surface area contributed by atoms with E-state index in [-0.39, 0.29) is 22.7 Å². The monoisotopic (exact) mass is 321 g/mol. The molecular formula is C16H7F4NO2. The van der Waals surface area contributed by atoms with Crippen molar-refractivity contribution in [1.82, 2.24) is 0 Å². The molecule has 7 heteroatoms. The minimum atomic E-state index is -0.953. The molecule has 1 aliphatic rings. The molecule has 0 fully saturated rings. The summed E-state index contributed by atoms with van der Waals surface area (Å²) in [6.45, 7) is 0. The van der Waals surface area contributed by atoms with Crippen molar-refractivity contribution >= 4 is 17.9 Å². The number of carbonyl (C=O) groups excluding carboxylic acids is 1. The van der Waals surface area contributed by atoms with Crippen LogP contribution in [0.4, 0.5) is 17.6 Å². The van der Waals surface area contributed by atoms with Crippen LogP contribution in [0.1, 0.15) is 11.1 Å². The molecule has 0 spiro atoms. The lowest BCUT2D eigenvalue weighted by molar-refractivity contribution is -0.129. The average molecular weight is 321 g/mol. The number of hydrogen-bond donors (Lipinski definition) is 0. The topological polar surface area (TPSA) is 38.7 Å². The fraction of sp³-hybridized carbons (Fsp3) is 0. The average Bonchev–Trinajstić information content (AvgIpc) is 2.83. The summed E-state index contributed by atoms with van der Waals surface area (Å²) in [7, 11) is 0. The van der Waals surface area contributed by atoms with Crippen LogP contribution < -0.4 is 0 Å². The van der Waals surface area contributed by atoms with Gasteiger partial charge in [-0.2, -0.15) is 0 Å². The maximum absolute atomic E-state index is 13.7. The number of halogens is 4. The second kappa shape index (κ2) is 5.68. The Labute approximate surface area is 127 Å². The highest BCUT2D eigenvalue weighted by molar-refractivity contribution is 6.12. The summed E-state index contributed by atoms with van der Waals surface area (Å²) in [4.78, 5) is 15.5. The molecule has 0 aromatic heterocycles. The number of aliphatic imine (C=N–C) groups is 1. The Morgan fingerprint density at radius 3 is 2.22 bits per heavy atom. The molecule has 0 atom stereocenters. The summed E-state index contributed by atoms with van der Waals surface area (Å²) < 4.78 is 57.8. The molecule has 1 aliphatic heterocycles. The first kappa shape index (κ1) is 15.0. The van der Waals surface area contributed by atoms with Crippen molar-refractivity contribution in [2.45, 2.75) is 0 Å². The van der Waals surface area contributed by atoms with Gasteiger partial charge in [0.2, 0.25) is 5.90 Å². The number of carbonyl (C=O) groups is 1. The van der Waals surface area contributed by atoms with E-state index in [1.807, 2.05) is 0 Å². The maximum Gasteiger partial charge on any atom is 0.363 e. The third-order valence-corrected chi connectivity index (χ3v) is 3.04. The number of hydrogen-bond acceptors (Lipinski definition) is 3. The molecule has 3 rings (SSSR count). The van der Waals surface area contributed by atoms with Crippen LogP contribution in [0.5, 0.6) is 0 Å². The highest BCUT2D eigenvalue weighted by atomic mass is 19.1. The predicted octanol–water partition coefficient (Wildman–Crippen LogP) is 3.59. The minimum absolute atomic E-state index is 0.0806. The summed E-state index contributed by atoms with van der Waals surface area (Å²) in [5, 5.41) is 0. The maximum atomic E-state index is 13.7. The molecule has 2 aromatic carbocycles. The van der Waals surface area contributed by atoms with Crippen molar-refractivity contribution in [3.05, 3.63) is 76.5 Å². The van der Waals surface area contributed by atoms with Crippen LogP contribution in [0.15, 0.2) is 47.1 Å². The standard InChI is InChI=1S/C16H7F4NO2/c17-9-2-1-8(12(19)6-9)5-14-16(22)23-15(21-14)11-4-3-10(18)7-13(11)20/h1-7H. The van der Waals surface area contributed by atoms with Crippen LogP contribution in [-0.4, -0.2) is 11.9 Å². The first-order chi connectivity index (χ1) is 10.9. The Hall–Kier alpha value is -2.96. The second-order valence-electron chi connectivity index (χ2n) is 4.63. The first-order valence-corrected chi connectivity index (χ1v) is 6.37. The molecule has 2 aromatic rings. The molecule has 0 unspecified atom stereocenters. The van der Waals surface area contributed by atoms with Crippen LogP contribution in [0.25, 0.3) is 6.08 Å². The van der Waals surface area contributed by atoms with E-state index in [0.29, 0.717) is 12.1 Å². The molecular weight excluding hydrogens is 314 g/mol. The highest BCUT2D eigenvalue weighted by Crippen LogP contribution is 2.22. The zero-order valence-corrected chi connectivity index (χ0v) is 11.3. The van der Waals surface area contributed by atoms with Gasteiger partial charge in [-0.1, -0.05) is 0 Å². The van der Waals surface area contributed by atoms with E-state index in [9.17, 15) is 22.4 Å². The van der Waals surface area contributed by atoms with Gasteiger partial charge in [0.15, 0.2) is 5.70 Å². The number of cyclic esters (lactones) is 1. The summed E-state index contributed by atoms with van der Waals surface area (Å²) >= 11 is 0. The first-order valence-electron chi connectivity index (χ1n) is 6.37. The lowest BCUT2D eigenvalue weighted by Crippen LogP contribution is -2.07. The summed E-state index contributed by atoms with van der Waals surface area (Å²) in [5.41, 5.74) is -0.570. The number of ether oxygens (including phenoxy) is 1. The Bertz CT molecular complexity index is 874. The van der Waals surface area contributed by atoms with E-state index in [1.54, 1.807) is 0 Å². The van der Waals surface area contributed by atoms with E-state index in [1.165, 1.54) is 0 Å². The number of rotatable bonds is 2. The van der Waals surface area contributed by atoms with Gasteiger partial charge < -0.3 is 4.74 Å². The van der Waals surface area contributed by atoms with Crippen molar-refractivity contribution in [1.29, 1.82) is 0 Å². The molecule has 0 amide bonds. The Morgan fingerprint density at radius 1 is 0.913 bits per heavy atom. The smallest absolute Gasteiger partial charge is 0.363 e. The summed E-state index contributed by atoms with van der Waals surface area (Å²) in [5.74, 6) is -4.68. The molecule has 23 heavy (non-hydrogen) atoms. The Morgan fingerprint density at radius 2 is 1.57 bits per heavy atom. The van der Waals surface area contributed by atoms with Crippen LogP contribution in [0.2, 0.25) is 0 Å². The summed E-state index contributed by atoms with van der Waals surface area (Å²) in [6, 6.07) is 5.45. The minimum Gasteiger partial charge on any atom is -0.402 e. The lowest BCUT2D eigenvalue weighted by Gasteiger charge is -2.00. The largest absolute Gasteiger partial charge is 0.402 e. The third kappa shape index (κ3) is 2.98. The molecule has 0 radical (unpaired) electrons. The van der Waals surface area contributed by atoms with Crippen molar-refractivity contribution in [2.75, 3.05) is 0 Å². The fourth-order valence-electron chi connectivity index (χ4n) is 1.95. The Kier molecular flexibility index (Phi) is 3.69. The van der Waals surface area contributed by atoms with Gasteiger partial charge in [-0.3, -0.25) is 0 Å². The predicted molar refractivity (Wildman–Crippen MR) is 73.3 cm³/mol. The van der Waals surface area contributed by atoms with Crippen LogP contribution in [0.3, 0.4) is 0 Å². The van der Waals surface area contributed by atoms with E-state index in [2.05, 4.69) is 4.99 Å². The molecule has 0 aliphatic carbocycles. The quantitative estimate of drug-likeness (QED) is 0.482. The zero-order chi connectivity index (χ0) is 16.6. The molecule has 0 saturated heterocycles. The number of benzene rings is 2. The normalized spacial score (nSPS) is 15.7. The van der Waals surface area contributed by atoms with E-state index >= 15 is 0 Å². The van der Waals surface area contributed by atoms with Crippen molar-refractivity contribution in [3.63, 3.8) is 0 Å². The van der Waals surface area contributed by atoms with Gasteiger partial charge in [-0.25, -0.2) is 27.3 Å². The van der Waals surface area contributed by atoms with E-state index in [0.717, 1.165) is 30.3 Å². The Balaban J connectivity index is 1.99. The fourth-order valence-corrected chi connectivity index (χ4v) is 1.95. The molecule has 0 saturated carbocycles. The van der Waals surface area contributed by atoms with Gasteiger partial charge in [-0.05, 0) is 30.3 Å². The SMILES string of the molecule is O=C1OC(c2ccc(F)cc2F)=NC1=Cc1ccc(F)cc1F. The highest BCUT2D eigenvalue weighted by Gasteiger charge is 2.26. The van der Waals surface area contributed by atoms with Crippen LogP contribution >= 0.6 is 0 Å². The van der Waals surface area contributed by atoms with Crippen molar-refractivity contribution in [3.8, 4) is 0 Å². The van der Waals surface area contributed by atoms with Gasteiger partial charge >= 0.3 is 5.97 Å². The number of nitrogens with zero attached hydrogens (tertiary/aromatic N) is 1. The van der Waals surface area contributed by atoms with Gasteiger partial charge in [-0.15, -0.1) is 0 Å².